The van der Waals surface area contributed by atoms with Gasteiger partial charge in [0, 0.05) is 12.8 Å². The van der Waals surface area contributed by atoms with Gasteiger partial charge in [-0.05, 0) is 0 Å². The van der Waals surface area contributed by atoms with Crippen LogP contribution < -0.4 is 10.2 Å². The number of aliphatic carboxylic acids is 2. The summed E-state index contributed by atoms with van der Waals surface area (Å²) in [6.45, 7) is 0. The van der Waals surface area contributed by atoms with Crippen LogP contribution >= 0.6 is 0 Å². The molecule has 0 spiro atoms. The molecule has 0 heterocycles. The molecule has 0 aromatic rings. The smallest absolute Gasteiger partial charge is 0.676 e. The Morgan fingerprint density at radius 1 is 1.00 bits per heavy atom. The maximum absolute atomic E-state index is 12.1. The van der Waals surface area contributed by atoms with Crippen LogP contribution in [0.1, 0.15) is 38.5 Å². The zero-order valence-electron chi connectivity index (χ0n) is 12.4. The van der Waals surface area contributed by atoms with Crippen molar-refractivity contribution in [3.8, 4) is 0 Å². The van der Waals surface area contributed by atoms with Crippen molar-refractivity contribution >= 4 is 11.9 Å². The Morgan fingerprint density at radius 3 is 1.54 bits per heavy atom. The van der Waals surface area contributed by atoms with Gasteiger partial charge < -0.3 is 36.4 Å². The van der Waals surface area contributed by atoms with Gasteiger partial charge in [-0.3, -0.25) is 0 Å². The number of halogens is 3. The number of carboxylic acids is 2. The molecular weight excluding hydrogens is 516 g/mol. The van der Waals surface area contributed by atoms with Crippen LogP contribution in [-0.2, 0) is 30.7 Å². The number of alkyl halides is 3. The summed E-state index contributed by atoms with van der Waals surface area (Å²) in [7, 11) is 0. The van der Waals surface area contributed by atoms with Gasteiger partial charge in [-0.1, -0.05) is 25.7 Å². The normalized spacial score (nSPS) is 27.6. The van der Waals surface area contributed by atoms with Gasteiger partial charge in [0.25, 0.3) is 0 Å². The van der Waals surface area contributed by atoms with Crippen molar-refractivity contribution in [2.75, 3.05) is 0 Å². The van der Waals surface area contributed by atoms with Crippen molar-refractivity contribution < 1.29 is 59.1 Å². The molecule has 0 unspecified atom stereocenters. The predicted octanol–water partition coefficient (Wildman–Crippen LogP) is -0.0407. The Hall–Kier alpha value is -0.702. The number of rotatable bonds is 2. The molecule has 140 valence electrons. The van der Waals surface area contributed by atoms with Gasteiger partial charge in [0.2, 0.25) is 0 Å². The number of carbonyl (C=O) groups excluding carboxylic acids is 2. The summed E-state index contributed by atoms with van der Waals surface area (Å²) >= 11 is 0. The van der Waals surface area contributed by atoms with E-state index in [4.69, 9.17) is 16.6 Å². The fourth-order valence-electron chi connectivity index (χ4n) is 2.65. The summed E-state index contributed by atoms with van der Waals surface area (Å²) in [5.41, 5.74) is 8.55. The van der Waals surface area contributed by atoms with E-state index in [-0.39, 0.29) is 33.1 Å². The molecule has 0 bridgehead atoms. The fourth-order valence-corrected chi connectivity index (χ4v) is 2.65. The third-order valence-electron chi connectivity index (χ3n) is 4.26. The number of carbonyl (C=O) groups is 2. The number of hydrogen-bond acceptors (Lipinski definition) is 5. The number of carboxylic acid groups (broad SMARTS) is 2. The van der Waals surface area contributed by atoms with E-state index in [9.17, 15) is 33.0 Å². The quantitative estimate of drug-likeness (QED) is 0.495. The van der Waals surface area contributed by atoms with Gasteiger partial charge in [-0.25, -0.2) is 0 Å². The molecule has 2 aliphatic rings. The summed E-state index contributed by atoms with van der Waals surface area (Å²) < 4.78 is 36.2. The van der Waals surface area contributed by atoms with E-state index >= 15 is 0 Å². The molecule has 2 rings (SSSR count). The Bertz CT molecular complexity index is 443. The Labute approximate surface area is 150 Å². The second kappa shape index (κ2) is 8.12. The third-order valence-corrected chi connectivity index (χ3v) is 4.26. The van der Waals surface area contributed by atoms with Gasteiger partial charge in [0.05, 0.1) is 17.4 Å². The fraction of sp³-hybridized carbons (Fsp3) is 0.846. The third kappa shape index (κ3) is 4.68. The van der Waals surface area contributed by atoms with Gasteiger partial charge in [0.1, 0.15) is 0 Å². The second-order valence-electron chi connectivity index (χ2n) is 6.04. The molecule has 11 heteroatoms. The minimum atomic E-state index is -5.07. The van der Waals surface area contributed by atoms with Crippen LogP contribution in [0.2, 0.25) is 0 Å². The van der Waals surface area contributed by atoms with Gasteiger partial charge in [0.15, 0.2) is 5.60 Å². The standard InChI is InChI=1S/C7H7F3O5.C6H12N2.Pt/c8-7(9,10)6(15)1-5(2-6,3(11)12)4(13)14;7-5-3-1-2-4-6(5)8;/h15H,1-2H2,(H,11,12)(H,13,14);5-8H,1-4H2;/q;-2;+4/p-2/t;5-,6-;/m.1./s1. The van der Waals surface area contributed by atoms with Crippen LogP contribution in [0.4, 0.5) is 13.2 Å². The van der Waals surface area contributed by atoms with Gasteiger partial charge >= 0.3 is 27.2 Å². The molecule has 0 saturated heterocycles. The zero-order valence-corrected chi connectivity index (χ0v) is 14.7. The Kier molecular flexibility index (Phi) is 7.88. The van der Waals surface area contributed by atoms with Crippen LogP contribution in [0.5, 0.6) is 0 Å². The molecule has 0 aromatic carbocycles. The first-order valence-corrected chi connectivity index (χ1v) is 7.00. The maximum Gasteiger partial charge on any atom is 4.00 e. The largest absolute Gasteiger partial charge is 4.00 e. The van der Waals surface area contributed by atoms with Crippen molar-refractivity contribution in [1.29, 1.82) is 0 Å². The van der Waals surface area contributed by atoms with E-state index in [0.29, 0.717) is 0 Å². The molecule has 2 aliphatic carbocycles. The van der Waals surface area contributed by atoms with Crippen molar-refractivity contribution in [2.24, 2.45) is 5.41 Å². The van der Waals surface area contributed by atoms with Crippen LogP contribution in [0.15, 0.2) is 0 Å². The molecular formula is C13H17F3N2O5Pt. The first-order chi connectivity index (χ1) is 10.4. The summed E-state index contributed by atoms with van der Waals surface area (Å²) in [6, 6.07) is -0.160. The van der Waals surface area contributed by atoms with Crippen molar-refractivity contribution in [3.05, 3.63) is 11.5 Å². The monoisotopic (exact) mass is 533 g/mol. The minimum Gasteiger partial charge on any atom is -0.676 e. The van der Waals surface area contributed by atoms with Crippen LogP contribution in [-0.4, -0.2) is 40.9 Å². The topological polar surface area (TPSA) is 148 Å². The van der Waals surface area contributed by atoms with E-state index in [2.05, 4.69) is 0 Å². The average molecular weight is 533 g/mol. The van der Waals surface area contributed by atoms with E-state index in [1.807, 2.05) is 0 Å². The van der Waals surface area contributed by atoms with Crippen LogP contribution in [0, 0.1) is 5.41 Å². The van der Waals surface area contributed by atoms with E-state index in [1.165, 1.54) is 12.8 Å². The molecule has 0 aliphatic heterocycles. The molecule has 0 aromatic heterocycles. The molecule has 0 amide bonds. The first-order valence-electron chi connectivity index (χ1n) is 7.00. The minimum absolute atomic E-state index is 0. The van der Waals surface area contributed by atoms with Crippen LogP contribution in [0.25, 0.3) is 11.5 Å². The van der Waals surface area contributed by atoms with E-state index in [0.717, 1.165) is 12.8 Å². The molecule has 3 N–H and O–H groups in total. The van der Waals surface area contributed by atoms with Crippen molar-refractivity contribution in [2.45, 2.75) is 62.4 Å². The molecule has 0 radical (unpaired) electrons. The SMILES string of the molecule is O=C([O-])C1(C(=O)[O-])CC(O)(C(F)(F)F)C1.[NH-][C@@H]1CCCC[C@H]1[NH-].[Pt+4]. The van der Waals surface area contributed by atoms with E-state index in [1.54, 1.807) is 0 Å². The molecule has 2 fully saturated rings. The Morgan fingerprint density at radius 2 is 1.33 bits per heavy atom. The van der Waals surface area contributed by atoms with Crippen molar-refractivity contribution in [1.82, 2.24) is 0 Å². The zero-order chi connectivity index (χ0) is 18.1. The number of aliphatic hydroxyl groups is 1. The van der Waals surface area contributed by atoms with Crippen molar-refractivity contribution in [3.63, 3.8) is 0 Å². The maximum atomic E-state index is 12.1. The summed E-state index contributed by atoms with van der Waals surface area (Å²) in [4.78, 5) is 20.7. The molecule has 2 atom stereocenters. The average Bonchev–Trinajstić information content (AvgIpc) is 2.37. The number of nitrogens with one attached hydrogen (secondary N) is 2. The van der Waals surface area contributed by atoms with Crippen LogP contribution in [0.3, 0.4) is 0 Å². The second-order valence-corrected chi connectivity index (χ2v) is 6.04. The predicted molar refractivity (Wildman–Crippen MR) is 67.4 cm³/mol. The Balaban J connectivity index is 0.000000498. The summed E-state index contributed by atoms with van der Waals surface area (Å²) in [5.74, 6) is -4.37. The number of hydrogen-bond donors (Lipinski definition) is 1. The van der Waals surface area contributed by atoms with Gasteiger partial charge in [-0.15, -0.1) is 0 Å². The van der Waals surface area contributed by atoms with E-state index < -0.39 is 42.0 Å². The molecule has 24 heavy (non-hydrogen) atoms. The first kappa shape index (κ1) is 23.3. The summed E-state index contributed by atoms with van der Waals surface area (Å²) in [5, 5.41) is 29.6. The van der Waals surface area contributed by atoms with Gasteiger partial charge in [-0.2, -0.15) is 25.3 Å². The summed E-state index contributed by atoms with van der Waals surface area (Å²) in [6.07, 6.45) is -3.78. The molecule has 2 saturated carbocycles. The molecule has 7 nitrogen and oxygen atoms in total.